The van der Waals surface area contributed by atoms with E-state index in [0.717, 1.165) is 44.6 Å². The third-order valence-electron chi connectivity index (χ3n) is 5.88. The normalized spacial score (nSPS) is 24.7. The van der Waals surface area contributed by atoms with Crippen LogP contribution in [0.3, 0.4) is 0 Å². The minimum atomic E-state index is -3.97. The van der Waals surface area contributed by atoms with E-state index in [-0.39, 0.29) is 17.5 Å². The summed E-state index contributed by atoms with van der Waals surface area (Å²) in [5.74, 6) is -1.14. The Bertz CT molecular complexity index is 850. The Morgan fingerprint density at radius 3 is 2.41 bits per heavy atom. The summed E-state index contributed by atoms with van der Waals surface area (Å²) in [5.41, 5.74) is 0.173. The number of benzene rings is 1. The standard InChI is InChI=1S/C20H27FN2O5S/c21-16-8-7-15(14-18(16)29(25,26)22-9-3-1-4-10-22)19(24)23-11-5-2-6-17(23)20-27-12-13-28-20/h7-8,14,17,20H,1-6,9-13H2. The van der Waals surface area contributed by atoms with Crippen molar-refractivity contribution in [2.24, 2.45) is 0 Å². The Morgan fingerprint density at radius 2 is 1.69 bits per heavy atom. The number of piperidine rings is 2. The van der Waals surface area contributed by atoms with Gasteiger partial charge in [-0.15, -0.1) is 0 Å². The molecule has 0 bridgehead atoms. The molecule has 1 unspecified atom stereocenters. The lowest BCUT2D eigenvalue weighted by Gasteiger charge is -2.38. The smallest absolute Gasteiger partial charge is 0.254 e. The van der Waals surface area contributed by atoms with Gasteiger partial charge in [-0.1, -0.05) is 6.42 Å². The molecule has 0 radical (unpaired) electrons. The quantitative estimate of drug-likeness (QED) is 0.739. The number of halogens is 1. The van der Waals surface area contributed by atoms with Crippen molar-refractivity contribution in [3.63, 3.8) is 0 Å². The van der Waals surface area contributed by atoms with Crippen molar-refractivity contribution in [2.75, 3.05) is 32.8 Å². The lowest BCUT2D eigenvalue weighted by molar-refractivity contribution is -0.100. The van der Waals surface area contributed by atoms with E-state index in [2.05, 4.69) is 0 Å². The molecule has 1 amide bonds. The summed E-state index contributed by atoms with van der Waals surface area (Å²) >= 11 is 0. The van der Waals surface area contributed by atoms with E-state index in [1.54, 1.807) is 4.90 Å². The molecule has 3 aliphatic rings. The van der Waals surface area contributed by atoms with Gasteiger partial charge in [0.1, 0.15) is 10.7 Å². The third-order valence-corrected chi connectivity index (χ3v) is 7.80. The number of rotatable bonds is 4. The summed E-state index contributed by atoms with van der Waals surface area (Å²) in [4.78, 5) is 14.5. The van der Waals surface area contributed by atoms with Crippen LogP contribution in [0.2, 0.25) is 0 Å². The molecule has 7 nitrogen and oxygen atoms in total. The second-order valence-corrected chi connectivity index (χ2v) is 9.69. The minimum Gasteiger partial charge on any atom is -0.348 e. The van der Waals surface area contributed by atoms with Crippen LogP contribution >= 0.6 is 0 Å². The molecule has 0 aliphatic carbocycles. The lowest BCUT2D eigenvalue weighted by atomic mass is 10.00. The molecule has 3 saturated heterocycles. The van der Waals surface area contributed by atoms with Gasteiger partial charge in [0, 0.05) is 25.2 Å². The Labute approximate surface area is 170 Å². The molecule has 0 N–H and O–H groups in total. The van der Waals surface area contributed by atoms with Crippen LogP contribution in [0.25, 0.3) is 0 Å². The van der Waals surface area contributed by atoms with Gasteiger partial charge < -0.3 is 14.4 Å². The maximum atomic E-state index is 14.5. The fraction of sp³-hybridized carbons (Fsp3) is 0.650. The van der Waals surface area contributed by atoms with Gasteiger partial charge in [-0.2, -0.15) is 4.31 Å². The van der Waals surface area contributed by atoms with Crippen molar-refractivity contribution in [3.8, 4) is 0 Å². The highest BCUT2D eigenvalue weighted by molar-refractivity contribution is 7.89. The fourth-order valence-corrected chi connectivity index (χ4v) is 5.94. The van der Waals surface area contributed by atoms with Gasteiger partial charge in [-0.05, 0) is 50.3 Å². The summed E-state index contributed by atoms with van der Waals surface area (Å²) in [6, 6.07) is 3.40. The van der Waals surface area contributed by atoms with Gasteiger partial charge in [-0.3, -0.25) is 4.79 Å². The predicted octanol–water partition coefficient (Wildman–Crippen LogP) is 2.37. The zero-order chi connectivity index (χ0) is 20.4. The van der Waals surface area contributed by atoms with Crippen LogP contribution in [0.1, 0.15) is 48.9 Å². The molecule has 29 heavy (non-hydrogen) atoms. The molecule has 0 saturated carbocycles. The highest BCUT2D eigenvalue weighted by atomic mass is 32.2. The molecule has 0 aromatic heterocycles. The van der Waals surface area contributed by atoms with Crippen LogP contribution in [0.4, 0.5) is 4.39 Å². The van der Waals surface area contributed by atoms with Gasteiger partial charge in [0.2, 0.25) is 10.0 Å². The largest absolute Gasteiger partial charge is 0.348 e. The zero-order valence-electron chi connectivity index (χ0n) is 16.4. The third kappa shape index (κ3) is 4.19. The topological polar surface area (TPSA) is 76.2 Å². The highest BCUT2D eigenvalue weighted by Crippen LogP contribution is 2.28. The molecule has 1 atom stereocenters. The van der Waals surface area contributed by atoms with Crippen LogP contribution in [-0.2, 0) is 19.5 Å². The summed E-state index contributed by atoms with van der Waals surface area (Å²) < 4.78 is 52.9. The van der Waals surface area contributed by atoms with Crippen molar-refractivity contribution in [2.45, 2.75) is 55.8 Å². The van der Waals surface area contributed by atoms with Crippen molar-refractivity contribution in [3.05, 3.63) is 29.6 Å². The van der Waals surface area contributed by atoms with Crippen molar-refractivity contribution in [1.29, 1.82) is 0 Å². The molecular weight excluding hydrogens is 399 g/mol. The molecule has 1 aromatic rings. The molecule has 1 aromatic carbocycles. The second-order valence-electron chi connectivity index (χ2n) is 7.78. The summed E-state index contributed by atoms with van der Waals surface area (Å²) in [6.45, 7) is 2.29. The first-order valence-corrected chi connectivity index (χ1v) is 11.8. The molecule has 0 spiro atoms. The molecule has 9 heteroatoms. The second kappa shape index (κ2) is 8.67. The summed E-state index contributed by atoms with van der Waals surface area (Å²) in [7, 11) is -3.97. The van der Waals surface area contributed by atoms with Crippen LogP contribution in [0.5, 0.6) is 0 Å². The predicted molar refractivity (Wildman–Crippen MR) is 103 cm³/mol. The monoisotopic (exact) mass is 426 g/mol. The van der Waals surface area contributed by atoms with E-state index < -0.39 is 27.0 Å². The Hall–Kier alpha value is -1.55. The van der Waals surface area contributed by atoms with E-state index >= 15 is 0 Å². The molecule has 160 valence electrons. The van der Waals surface area contributed by atoms with E-state index in [1.807, 2.05) is 0 Å². The van der Waals surface area contributed by atoms with Crippen LogP contribution in [0, 0.1) is 5.82 Å². The van der Waals surface area contributed by atoms with Crippen molar-refractivity contribution in [1.82, 2.24) is 9.21 Å². The zero-order valence-corrected chi connectivity index (χ0v) is 17.2. The number of carbonyl (C=O) groups is 1. The van der Waals surface area contributed by atoms with E-state index in [9.17, 15) is 17.6 Å². The first-order chi connectivity index (χ1) is 14.0. The van der Waals surface area contributed by atoms with Crippen molar-refractivity contribution >= 4 is 15.9 Å². The Morgan fingerprint density at radius 1 is 1.00 bits per heavy atom. The molecular formula is C20H27FN2O5S. The Kier molecular flexibility index (Phi) is 6.19. The summed E-state index contributed by atoms with van der Waals surface area (Å²) in [6.07, 6.45) is 4.61. The van der Waals surface area contributed by atoms with Gasteiger partial charge in [0.15, 0.2) is 6.29 Å². The van der Waals surface area contributed by atoms with E-state index in [1.165, 1.54) is 16.4 Å². The number of ether oxygens (including phenoxy) is 2. The molecule has 3 fully saturated rings. The number of hydrogen-bond acceptors (Lipinski definition) is 5. The Balaban J connectivity index is 1.61. The van der Waals surface area contributed by atoms with Gasteiger partial charge in [-0.25, -0.2) is 12.8 Å². The number of amides is 1. The average molecular weight is 427 g/mol. The highest BCUT2D eigenvalue weighted by Gasteiger charge is 2.37. The van der Waals surface area contributed by atoms with Crippen LogP contribution in [0.15, 0.2) is 23.1 Å². The SMILES string of the molecule is O=C(c1ccc(F)c(S(=O)(=O)N2CCCCC2)c1)N1CCCCC1C1OCCO1. The first-order valence-electron chi connectivity index (χ1n) is 10.3. The van der Waals surface area contributed by atoms with Gasteiger partial charge >= 0.3 is 0 Å². The molecule has 4 rings (SSSR count). The number of nitrogens with zero attached hydrogens (tertiary/aromatic N) is 2. The van der Waals surface area contributed by atoms with Crippen LogP contribution < -0.4 is 0 Å². The number of carbonyl (C=O) groups excluding carboxylic acids is 1. The summed E-state index contributed by atoms with van der Waals surface area (Å²) in [5, 5.41) is 0. The van der Waals surface area contributed by atoms with Gasteiger partial charge in [0.05, 0.1) is 19.3 Å². The minimum absolute atomic E-state index is 0.173. The van der Waals surface area contributed by atoms with Gasteiger partial charge in [0.25, 0.3) is 5.91 Å². The number of hydrogen-bond donors (Lipinski definition) is 0. The van der Waals surface area contributed by atoms with E-state index in [0.29, 0.717) is 32.8 Å². The molecule has 3 aliphatic heterocycles. The fourth-order valence-electron chi connectivity index (χ4n) is 4.34. The number of sulfonamides is 1. The number of likely N-dealkylation sites (tertiary alicyclic amines) is 1. The van der Waals surface area contributed by atoms with Crippen LogP contribution in [-0.4, -0.2) is 68.7 Å². The average Bonchev–Trinajstić information content (AvgIpc) is 3.29. The van der Waals surface area contributed by atoms with Crippen molar-refractivity contribution < 1.29 is 27.1 Å². The maximum Gasteiger partial charge on any atom is 0.254 e. The molecule has 3 heterocycles. The van der Waals surface area contributed by atoms with E-state index in [4.69, 9.17) is 9.47 Å². The first kappa shape index (κ1) is 20.7. The lowest BCUT2D eigenvalue weighted by Crippen LogP contribution is -2.50. The maximum absolute atomic E-state index is 14.5.